The van der Waals surface area contributed by atoms with Crippen molar-refractivity contribution in [2.24, 2.45) is 0 Å². The number of amides is 2. The van der Waals surface area contributed by atoms with Crippen molar-refractivity contribution in [3.63, 3.8) is 0 Å². The predicted octanol–water partition coefficient (Wildman–Crippen LogP) is 2.20. The van der Waals surface area contributed by atoms with Crippen LogP contribution in [0.1, 0.15) is 39.2 Å². The van der Waals surface area contributed by atoms with Gasteiger partial charge in [0.2, 0.25) is 11.8 Å². The van der Waals surface area contributed by atoms with E-state index in [1.54, 1.807) is 0 Å². The second-order valence-corrected chi connectivity index (χ2v) is 5.98. The molecule has 1 heterocycles. The normalized spacial score (nSPS) is 20.1. The molecule has 0 unspecified atom stereocenters. The Hall–Kier alpha value is -1.84. The topological polar surface area (TPSA) is 58.2 Å². The molecule has 1 aromatic rings. The van der Waals surface area contributed by atoms with Gasteiger partial charge in [0, 0.05) is 12.1 Å². The van der Waals surface area contributed by atoms with Crippen molar-refractivity contribution < 1.29 is 9.59 Å². The zero-order valence-corrected chi connectivity index (χ0v) is 11.6. The van der Waals surface area contributed by atoms with E-state index < -0.39 is 0 Å². The zero-order valence-electron chi connectivity index (χ0n) is 11.6. The summed E-state index contributed by atoms with van der Waals surface area (Å²) < 4.78 is 0. The Morgan fingerprint density at radius 1 is 1.16 bits per heavy atom. The molecule has 1 saturated heterocycles. The van der Waals surface area contributed by atoms with E-state index in [1.165, 1.54) is 5.56 Å². The quantitative estimate of drug-likeness (QED) is 0.801. The molecule has 2 rings (SSSR count). The van der Waals surface area contributed by atoms with Crippen LogP contribution in [0, 0.1) is 0 Å². The lowest BCUT2D eigenvalue weighted by Crippen LogP contribution is -2.47. The molecule has 0 bridgehead atoms. The summed E-state index contributed by atoms with van der Waals surface area (Å²) in [5, 5.41) is 5.51. The zero-order chi connectivity index (χ0) is 14.0. The maximum atomic E-state index is 11.6. The Kier molecular flexibility index (Phi) is 3.60. The molecule has 102 valence electrons. The molecule has 2 amide bonds. The van der Waals surface area contributed by atoms with E-state index in [1.807, 2.05) is 12.1 Å². The third-order valence-electron chi connectivity index (χ3n) is 3.33. The molecule has 19 heavy (non-hydrogen) atoms. The summed E-state index contributed by atoms with van der Waals surface area (Å²) in [4.78, 5) is 22.7. The van der Waals surface area contributed by atoms with Crippen molar-refractivity contribution in [1.82, 2.24) is 5.32 Å². The van der Waals surface area contributed by atoms with Gasteiger partial charge in [0.15, 0.2) is 0 Å². The Morgan fingerprint density at radius 2 is 1.79 bits per heavy atom. The Morgan fingerprint density at radius 3 is 2.32 bits per heavy atom. The van der Waals surface area contributed by atoms with Crippen LogP contribution in [0.4, 0.5) is 5.69 Å². The molecule has 4 nitrogen and oxygen atoms in total. The van der Waals surface area contributed by atoms with Gasteiger partial charge in [-0.2, -0.15) is 0 Å². The van der Waals surface area contributed by atoms with Crippen molar-refractivity contribution in [2.75, 3.05) is 5.32 Å². The second kappa shape index (κ2) is 5.03. The lowest BCUT2D eigenvalue weighted by molar-refractivity contribution is -0.133. The highest BCUT2D eigenvalue weighted by molar-refractivity contribution is 6.01. The summed E-state index contributed by atoms with van der Waals surface area (Å²) in [6.45, 7) is 6.49. The van der Waals surface area contributed by atoms with Gasteiger partial charge in [0.25, 0.3) is 0 Å². The number of anilines is 1. The van der Waals surface area contributed by atoms with E-state index in [4.69, 9.17) is 0 Å². The van der Waals surface area contributed by atoms with E-state index in [2.05, 4.69) is 43.5 Å². The van der Waals surface area contributed by atoms with E-state index in [-0.39, 0.29) is 23.3 Å². The first kappa shape index (κ1) is 13.6. The van der Waals surface area contributed by atoms with Gasteiger partial charge in [-0.1, -0.05) is 32.9 Å². The van der Waals surface area contributed by atoms with E-state index in [0.29, 0.717) is 12.8 Å². The fraction of sp³-hybridized carbons (Fsp3) is 0.467. The first-order valence-corrected chi connectivity index (χ1v) is 6.57. The summed E-state index contributed by atoms with van der Waals surface area (Å²) in [5.41, 5.74) is 2.27. The summed E-state index contributed by atoms with van der Waals surface area (Å²) in [5.74, 6) is -0.428. The smallest absolute Gasteiger partial charge is 0.249 e. The first-order valence-electron chi connectivity index (χ1n) is 6.57. The number of imide groups is 1. The lowest BCUT2D eigenvalue weighted by Gasteiger charge is -2.24. The third-order valence-corrected chi connectivity index (χ3v) is 3.33. The van der Waals surface area contributed by atoms with Crippen LogP contribution < -0.4 is 10.6 Å². The standard InChI is InChI=1S/C15H20N2O2/c1-15(2,3)10-4-6-11(7-5-10)16-12-8-9-13(18)17-14(12)19/h4-7,12,16H,8-9H2,1-3H3,(H,17,18,19)/t12-/m0/s1. The summed E-state index contributed by atoms with van der Waals surface area (Å²) >= 11 is 0. The number of carbonyl (C=O) groups is 2. The molecule has 1 atom stereocenters. The van der Waals surface area contributed by atoms with Crippen molar-refractivity contribution >= 4 is 17.5 Å². The van der Waals surface area contributed by atoms with Crippen LogP contribution in [-0.4, -0.2) is 17.9 Å². The molecular formula is C15H20N2O2. The molecule has 0 saturated carbocycles. The summed E-state index contributed by atoms with van der Waals surface area (Å²) in [6, 6.07) is 7.76. The highest BCUT2D eigenvalue weighted by atomic mass is 16.2. The third kappa shape index (κ3) is 3.34. The van der Waals surface area contributed by atoms with Gasteiger partial charge >= 0.3 is 0 Å². The first-order chi connectivity index (χ1) is 8.86. The lowest BCUT2D eigenvalue weighted by atomic mass is 9.87. The van der Waals surface area contributed by atoms with Crippen LogP contribution in [0.15, 0.2) is 24.3 Å². The molecule has 1 aliphatic rings. The molecule has 1 aromatic carbocycles. The van der Waals surface area contributed by atoms with Gasteiger partial charge in [-0.25, -0.2) is 0 Å². The van der Waals surface area contributed by atoms with Crippen LogP contribution in [0.2, 0.25) is 0 Å². The molecule has 4 heteroatoms. The maximum Gasteiger partial charge on any atom is 0.249 e. The van der Waals surface area contributed by atoms with Gasteiger partial charge < -0.3 is 5.32 Å². The second-order valence-electron chi connectivity index (χ2n) is 5.98. The van der Waals surface area contributed by atoms with Gasteiger partial charge in [0.1, 0.15) is 6.04 Å². The van der Waals surface area contributed by atoms with Gasteiger partial charge in [-0.15, -0.1) is 0 Å². The van der Waals surface area contributed by atoms with Crippen LogP contribution >= 0.6 is 0 Å². The molecule has 0 aromatic heterocycles. The van der Waals surface area contributed by atoms with Crippen LogP contribution in [0.3, 0.4) is 0 Å². The Balaban J connectivity index is 2.04. The average Bonchev–Trinajstić information content (AvgIpc) is 2.32. The van der Waals surface area contributed by atoms with Crippen LogP contribution in [0.25, 0.3) is 0 Å². The average molecular weight is 260 g/mol. The van der Waals surface area contributed by atoms with Crippen molar-refractivity contribution in [2.45, 2.75) is 45.1 Å². The van der Waals surface area contributed by atoms with Crippen molar-refractivity contribution in [1.29, 1.82) is 0 Å². The molecule has 0 aliphatic carbocycles. The number of hydrogen-bond donors (Lipinski definition) is 2. The molecule has 1 fully saturated rings. The predicted molar refractivity (Wildman–Crippen MR) is 74.9 cm³/mol. The minimum absolute atomic E-state index is 0.118. The van der Waals surface area contributed by atoms with E-state index >= 15 is 0 Å². The highest BCUT2D eigenvalue weighted by Gasteiger charge is 2.26. The van der Waals surface area contributed by atoms with Crippen LogP contribution in [-0.2, 0) is 15.0 Å². The molecular weight excluding hydrogens is 240 g/mol. The minimum Gasteiger partial charge on any atom is -0.374 e. The maximum absolute atomic E-state index is 11.6. The fourth-order valence-corrected chi connectivity index (χ4v) is 2.10. The molecule has 0 spiro atoms. The highest BCUT2D eigenvalue weighted by Crippen LogP contribution is 2.24. The minimum atomic E-state index is -0.321. The molecule has 0 radical (unpaired) electrons. The van der Waals surface area contributed by atoms with E-state index in [0.717, 1.165) is 5.69 Å². The Labute approximate surface area is 113 Å². The Bertz CT molecular complexity index is 486. The number of benzene rings is 1. The van der Waals surface area contributed by atoms with Gasteiger partial charge in [-0.3, -0.25) is 14.9 Å². The van der Waals surface area contributed by atoms with Crippen molar-refractivity contribution in [3.8, 4) is 0 Å². The number of nitrogens with one attached hydrogen (secondary N) is 2. The monoisotopic (exact) mass is 260 g/mol. The van der Waals surface area contributed by atoms with Crippen molar-refractivity contribution in [3.05, 3.63) is 29.8 Å². The summed E-state index contributed by atoms with van der Waals surface area (Å²) in [6.07, 6.45) is 0.940. The van der Waals surface area contributed by atoms with Gasteiger partial charge in [-0.05, 0) is 29.5 Å². The van der Waals surface area contributed by atoms with E-state index in [9.17, 15) is 9.59 Å². The molecule has 1 aliphatic heterocycles. The number of piperidine rings is 1. The molecule has 2 N–H and O–H groups in total. The fourth-order valence-electron chi connectivity index (χ4n) is 2.10. The largest absolute Gasteiger partial charge is 0.374 e. The number of hydrogen-bond acceptors (Lipinski definition) is 3. The number of carbonyl (C=O) groups excluding carboxylic acids is 2. The van der Waals surface area contributed by atoms with Crippen LogP contribution in [0.5, 0.6) is 0 Å². The SMILES string of the molecule is CC(C)(C)c1ccc(N[C@H]2CCC(=O)NC2=O)cc1. The summed E-state index contributed by atoms with van der Waals surface area (Å²) in [7, 11) is 0. The van der Waals surface area contributed by atoms with Gasteiger partial charge in [0.05, 0.1) is 0 Å². The number of rotatable bonds is 2.